The van der Waals surface area contributed by atoms with E-state index in [0.29, 0.717) is 11.6 Å². The van der Waals surface area contributed by atoms with Crippen molar-refractivity contribution in [3.63, 3.8) is 0 Å². The number of hydrogen-bond donors (Lipinski definition) is 0. The summed E-state index contributed by atoms with van der Waals surface area (Å²) in [6.07, 6.45) is 0. The Morgan fingerprint density at radius 3 is 0.882 bits per heavy atom. The van der Waals surface area contributed by atoms with E-state index in [1.54, 1.807) is 0 Å². The molecule has 13 rings (SSSR count). The van der Waals surface area contributed by atoms with Crippen LogP contribution in [0.3, 0.4) is 0 Å². The van der Waals surface area contributed by atoms with Gasteiger partial charge >= 0.3 is 0 Å². The maximum atomic E-state index is 5.11. The normalized spacial score (nSPS) is 11.5. The van der Waals surface area contributed by atoms with Crippen LogP contribution in [-0.2, 0) is 0 Å². The molecular weight excluding hydrogens is 829 g/mol. The van der Waals surface area contributed by atoms with Gasteiger partial charge in [0.25, 0.3) is 0 Å². The summed E-state index contributed by atoms with van der Waals surface area (Å²) in [6, 6.07) is 85.0. The van der Waals surface area contributed by atoms with E-state index in [1.807, 2.05) is 72.8 Å². The van der Waals surface area contributed by atoms with Crippen LogP contribution in [0.2, 0.25) is 0 Å². The zero-order valence-electron chi connectivity index (χ0n) is 36.8. The summed E-state index contributed by atoms with van der Waals surface area (Å²) in [5, 5.41) is 4.87. The first-order valence-corrected chi connectivity index (χ1v) is 22.9. The van der Waals surface area contributed by atoms with E-state index < -0.39 is 0 Å². The van der Waals surface area contributed by atoms with Crippen LogP contribution in [0.25, 0.3) is 123 Å². The first-order valence-electron chi connectivity index (χ1n) is 22.9. The van der Waals surface area contributed by atoms with Crippen molar-refractivity contribution in [2.24, 2.45) is 0 Å². The van der Waals surface area contributed by atoms with E-state index >= 15 is 0 Å². The molecular formula is C62H40N6. The van der Waals surface area contributed by atoms with Crippen LogP contribution in [0, 0.1) is 0 Å². The molecule has 0 fully saturated rings. The smallest absolute Gasteiger partial charge is 0.160 e. The van der Waals surface area contributed by atoms with Crippen molar-refractivity contribution in [3.05, 3.63) is 243 Å². The average molecular weight is 869 g/mol. The zero-order valence-corrected chi connectivity index (χ0v) is 36.8. The van der Waals surface area contributed by atoms with Gasteiger partial charge in [-0.2, -0.15) is 0 Å². The Hall–Kier alpha value is -9.26. The van der Waals surface area contributed by atoms with Crippen LogP contribution in [0.15, 0.2) is 243 Å². The van der Waals surface area contributed by atoms with Gasteiger partial charge in [-0.25, -0.2) is 19.9 Å². The van der Waals surface area contributed by atoms with Gasteiger partial charge < -0.3 is 9.13 Å². The third-order valence-corrected chi connectivity index (χ3v) is 13.0. The molecule has 9 aromatic carbocycles. The molecule has 0 N–H and O–H groups in total. The van der Waals surface area contributed by atoms with Gasteiger partial charge in [0.1, 0.15) is 0 Å². The monoisotopic (exact) mass is 868 g/mol. The fourth-order valence-corrected chi connectivity index (χ4v) is 9.77. The Bertz CT molecular complexity index is 3600. The minimum absolute atomic E-state index is 0.702. The molecule has 318 valence electrons. The number of hydrogen-bond acceptors (Lipinski definition) is 4. The molecule has 0 aliphatic carbocycles. The standard InChI is InChI=1S/C62H40N6/c1-5-17-41(18-6-1)51-39-53(65-61(63-51)45-21-9-3-10-22-45)43-29-33-47(34-30-43)67-55-27-15-13-25-49(55)59-57(67)37-38-58-60(59)50-26-14-16-28-56(50)68(58)48-35-31-44(32-36-48)54-40-52(42-19-7-2-8-20-42)64-62(66-54)46-23-11-4-12-24-46/h1-40H. The molecule has 68 heavy (non-hydrogen) atoms. The summed E-state index contributed by atoms with van der Waals surface area (Å²) in [7, 11) is 0. The van der Waals surface area contributed by atoms with Crippen LogP contribution in [0.4, 0.5) is 0 Å². The number of nitrogens with zero attached hydrogens (tertiary/aromatic N) is 6. The second-order valence-electron chi connectivity index (χ2n) is 17.0. The second-order valence-corrected chi connectivity index (χ2v) is 17.0. The molecule has 0 amide bonds. The van der Waals surface area contributed by atoms with Gasteiger partial charge in [0, 0.05) is 66.3 Å². The van der Waals surface area contributed by atoms with Gasteiger partial charge in [-0.1, -0.05) is 182 Å². The quantitative estimate of drug-likeness (QED) is 0.153. The average Bonchev–Trinajstić information content (AvgIpc) is 3.94. The third kappa shape index (κ3) is 6.74. The minimum Gasteiger partial charge on any atom is -0.309 e. The molecule has 6 heteroatoms. The van der Waals surface area contributed by atoms with Gasteiger partial charge in [0.05, 0.1) is 44.8 Å². The molecule has 0 atom stereocenters. The molecule has 0 spiro atoms. The fraction of sp³-hybridized carbons (Fsp3) is 0. The highest BCUT2D eigenvalue weighted by atomic mass is 15.0. The molecule has 0 radical (unpaired) electrons. The highest BCUT2D eigenvalue weighted by Gasteiger charge is 2.21. The van der Waals surface area contributed by atoms with Crippen molar-refractivity contribution in [2.75, 3.05) is 0 Å². The van der Waals surface area contributed by atoms with Crippen molar-refractivity contribution in [1.29, 1.82) is 0 Å². The van der Waals surface area contributed by atoms with Crippen LogP contribution in [-0.4, -0.2) is 29.1 Å². The Morgan fingerprint density at radius 1 is 0.235 bits per heavy atom. The lowest BCUT2D eigenvalue weighted by Crippen LogP contribution is -1.97. The number of rotatable bonds is 8. The first kappa shape index (κ1) is 39.1. The molecule has 0 aliphatic heterocycles. The summed E-state index contributed by atoms with van der Waals surface area (Å²) < 4.78 is 4.80. The molecule has 0 aliphatic rings. The summed E-state index contributed by atoms with van der Waals surface area (Å²) in [5.74, 6) is 1.40. The minimum atomic E-state index is 0.702. The van der Waals surface area contributed by atoms with E-state index in [0.717, 1.165) is 89.6 Å². The van der Waals surface area contributed by atoms with Crippen LogP contribution < -0.4 is 0 Å². The Labute approximate surface area is 392 Å². The Balaban J connectivity index is 0.923. The highest BCUT2D eigenvalue weighted by molar-refractivity contribution is 6.28. The number of para-hydroxylation sites is 2. The summed E-state index contributed by atoms with van der Waals surface area (Å²) in [6.45, 7) is 0. The summed E-state index contributed by atoms with van der Waals surface area (Å²) in [4.78, 5) is 20.2. The lowest BCUT2D eigenvalue weighted by Gasteiger charge is -2.12. The van der Waals surface area contributed by atoms with Gasteiger partial charge in [0.2, 0.25) is 0 Å². The first-order chi connectivity index (χ1) is 33.7. The van der Waals surface area contributed by atoms with E-state index in [4.69, 9.17) is 19.9 Å². The highest BCUT2D eigenvalue weighted by Crippen LogP contribution is 2.43. The lowest BCUT2D eigenvalue weighted by atomic mass is 10.1. The van der Waals surface area contributed by atoms with Crippen LogP contribution in [0.5, 0.6) is 0 Å². The summed E-state index contributed by atoms with van der Waals surface area (Å²) in [5.41, 5.74) is 16.4. The van der Waals surface area contributed by atoms with Gasteiger partial charge in [-0.15, -0.1) is 0 Å². The number of fused-ring (bicyclic) bond motifs is 7. The predicted molar refractivity (Wildman–Crippen MR) is 279 cm³/mol. The van der Waals surface area contributed by atoms with Crippen molar-refractivity contribution in [1.82, 2.24) is 29.1 Å². The Morgan fingerprint density at radius 2 is 0.529 bits per heavy atom. The maximum absolute atomic E-state index is 5.11. The predicted octanol–water partition coefficient (Wildman–Crippen LogP) is 15.5. The van der Waals surface area contributed by atoms with E-state index in [2.05, 4.69) is 179 Å². The Kier molecular flexibility index (Phi) is 9.39. The molecule has 0 unspecified atom stereocenters. The van der Waals surface area contributed by atoms with Gasteiger partial charge in [-0.3, -0.25) is 0 Å². The van der Waals surface area contributed by atoms with Crippen molar-refractivity contribution in [3.8, 4) is 79.2 Å². The van der Waals surface area contributed by atoms with Crippen molar-refractivity contribution >= 4 is 43.6 Å². The van der Waals surface area contributed by atoms with E-state index in [1.165, 1.54) is 21.5 Å². The number of benzene rings is 9. The fourth-order valence-electron chi connectivity index (χ4n) is 9.77. The molecule has 0 saturated heterocycles. The molecule has 4 heterocycles. The third-order valence-electron chi connectivity index (χ3n) is 13.0. The van der Waals surface area contributed by atoms with Crippen molar-refractivity contribution < 1.29 is 0 Å². The maximum Gasteiger partial charge on any atom is 0.160 e. The lowest BCUT2D eigenvalue weighted by molar-refractivity contribution is 1.16. The summed E-state index contributed by atoms with van der Waals surface area (Å²) >= 11 is 0. The largest absolute Gasteiger partial charge is 0.309 e. The van der Waals surface area contributed by atoms with E-state index in [9.17, 15) is 0 Å². The van der Waals surface area contributed by atoms with Crippen LogP contribution in [0.1, 0.15) is 0 Å². The molecule has 6 nitrogen and oxygen atoms in total. The van der Waals surface area contributed by atoms with E-state index in [-0.39, 0.29) is 0 Å². The number of aromatic nitrogens is 6. The molecule has 0 saturated carbocycles. The molecule has 4 aromatic heterocycles. The van der Waals surface area contributed by atoms with Crippen LogP contribution >= 0.6 is 0 Å². The molecule has 0 bridgehead atoms. The SMILES string of the molecule is c1ccc(-c2cc(-c3ccc(-n4c5ccccc5c5c6c7ccccc7n(-c7ccc(-c8cc(-c9ccccc9)nc(-c9ccccc9)n8)cc7)c6ccc54)cc3)nc(-c3ccccc3)n2)cc1. The van der Waals surface area contributed by atoms with Gasteiger partial charge in [0.15, 0.2) is 11.6 Å². The second kappa shape index (κ2) is 16.3. The zero-order chi connectivity index (χ0) is 45.0. The topological polar surface area (TPSA) is 61.4 Å². The van der Waals surface area contributed by atoms with Gasteiger partial charge in [-0.05, 0) is 60.7 Å². The molecule has 13 aromatic rings. The van der Waals surface area contributed by atoms with Crippen molar-refractivity contribution in [2.45, 2.75) is 0 Å².